The molecule has 0 bridgehead atoms. The van der Waals surface area contributed by atoms with E-state index in [0.29, 0.717) is 50.6 Å². The molecule has 0 aliphatic carbocycles. The SMILES string of the molecule is Cc1cc(N=Nc2cc(C)c(N=Nc3ccc4cc([N+](=C=O)c5ccccc5O)ccc4c3O)cc2C)ccc1N=Nc1ccc(N=Nc2ccccc2S(=O)(=O)O)c(C)c1. The van der Waals surface area contributed by atoms with Crippen LogP contribution in [0.4, 0.5) is 56.9 Å². The Morgan fingerprint density at radius 2 is 1.02 bits per heavy atom. The number of benzene rings is 7. The van der Waals surface area contributed by atoms with Gasteiger partial charge < -0.3 is 10.2 Å². The minimum atomic E-state index is -4.45. The Morgan fingerprint density at radius 3 is 1.62 bits per heavy atom. The van der Waals surface area contributed by atoms with Crippen LogP contribution in [0.1, 0.15) is 22.3 Å². The lowest BCUT2D eigenvalue weighted by atomic mass is 10.1. The normalized spacial score (nSPS) is 12.0. The molecule has 0 spiro atoms. The van der Waals surface area contributed by atoms with E-state index in [-0.39, 0.29) is 33.5 Å². The Morgan fingerprint density at radius 1 is 0.508 bits per heavy atom. The molecule has 0 atom stereocenters. The summed E-state index contributed by atoms with van der Waals surface area (Å²) in [4.78, 5) is 11.5. The van der Waals surface area contributed by atoms with Gasteiger partial charge in [-0.05, 0) is 134 Å². The average Bonchev–Trinajstić information content (AvgIpc) is 3.24. The van der Waals surface area contributed by atoms with E-state index in [1.54, 1.807) is 84.9 Å². The lowest BCUT2D eigenvalue weighted by Crippen LogP contribution is -2.01. The number of isocyanates is 1. The van der Waals surface area contributed by atoms with Crippen molar-refractivity contribution in [2.45, 2.75) is 32.6 Å². The van der Waals surface area contributed by atoms with Gasteiger partial charge in [0.05, 0.1) is 34.1 Å². The number of phenols is 2. The lowest BCUT2D eigenvalue weighted by molar-refractivity contribution is 0.473. The Balaban J connectivity index is 1.01. The third-order valence-corrected chi connectivity index (χ3v) is 10.4. The molecule has 0 radical (unpaired) electrons. The largest absolute Gasteiger partial charge is 0.505 e. The number of carbonyl (C=O) groups excluding carboxylic acids is 1. The first-order valence-corrected chi connectivity index (χ1v) is 20.0. The van der Waals surface area contributed by atoms with Crippen LogP contribution < -0.4 is 4.58 Å². The molecule has 302 valence electrons. The molecule has 15 nitrogen and oxygen atoms in total. The predicted octanol–water partition coefficient (Wildman–Crippen LogP) is 13.6. The maximum absolute atomic E-state index is 11.8. The van der Waals surface area contributed by atoms with E-state index >= 15 is 0 Å². The van der Waals surface area contributed by atoms with Gasteiger partial charge in [0.15, 0.2) is 11.5 Å². The summed E-state index contributed by atoms with van der Waals surface area (Å²) < 4.78 is 34.0. The lowest BCUT2D eigenvalue weighted by Gasteiger charge is -2.07. The minimum absolute atomic E-state index is 0.0180. The molecular weight excluding hydrogens is 795 g/mol. The molecule has 0 aliphatic rings. The standard InChI is InChI=1S/C45H35N9O6S/c1-27-21-33(14-19-36(27)48-46-32-15-20-37(28(2)22-32)49-50-38-9-5-8-12-44(38)61(58,59)60)47-52-40-23-30(4)41(24-29(40)3)53-51-39-18-13-31-25-34(16-17-35(31)45(39)57)54(26-55)42-10-6-7-11-43(42)56/h5-25H,1-4H3,(H2-,46,47,50,53,56,57,58,59,60)/p+1. The third-order valence-electron chi connectivity index (χ3n) is 9.52. The van der Waals surface area contributed by atoms with Crippen LogP contribution in [-0.4, -0.2) is 29.3 Å². The van der Waals surface area contributed by atoms with Crippen LogP contribution in [0.3, 0.4) is 0 Å². The number of para-hydroxylation sites is 2. The highest BCUT2D eigenvalue weighted by atomic mass is 32.2. The van der Waals surface area contributed by atoms with Gasteiger partial charge in [-0.1, -0.05) is 34.9 Å². The van der Waals surface area contributed by atoms with Gasteiger partial charge in [0.2, 0.25) is 5.69 Å². The van der Waals surface area contributed by atoms with Crippen molar-refractivity contribution in [3.05, 3.63) is 150 Å². The van der Waals surface area contributed by atoms with Gasteiger partial charge in [-0.25, -0.2) is 0 Å². The van der Waals surface area contributed by atoms with Crippen molar-refractivity contribution in [2.24, 2.45) is 40.9 Å². The average molecular weight is 831 g/mol. The van der Waals surface area contributed by atoms with Crippen LogP contribution in [0, 0.1) is 27.7 Å². The zero-order valence-corrected chi connectivity index (χ0v) is 33.9. The molecule has 3 N–H and O–H groups in total. The summed E-state index contributed by atoms with van der Waals surface area (Å²) in [5.41, 5.74) is 7.74. The van der Waals surface area contributed by atoms with E-state index in [4.69, 9.17) is 0 Å². The molecule has 16 heteroatoms. The van der Waals surface area contributed by atoms with Crippen molar-refractivity contribution in [1.29, 1.82) is 0 Å². The van der Waals surface area contributed by atoms with Crippen molar-refractivity contribution in [3.63, 3.8) is 0 Å². The van der Waals surface area contributed by atoms with Crippen LogP contribution in [0.5, 0.6) is 11.5 Å². The van der Waals surface area contributed by atoms with Crippen LogP contribution in [0.2, 0.25) is 0 Å². The van der Waals surface area contributed by atoms with Gasteiger partial charge in [-0.2, -0.15) is 43.9 Å². The van der Waals surface area contributed by atoms with Crippen LogP contribution >= 0.6 is 0 Å². The molecule has 61 heavy (non-hydrogen) atoms. The van der Waals surface area contributed by atoms with Crippen molar-refractivity contribution < 1.29 is 28.0 Å². The van der Waals surface area contributed by atoms with E-state index in [0.717, 1.165) is 22.3 Å². The summed E-state index contributed by atoms with van der Waals surface area (Å²) in [6, 6.07) is 35.0. The number of aryl methyl sites for hydroxylation is 4. The first kappa shape index (κ1) is 41.3. The van der Waals surface area contributed by atoms with Crippen LogP contribution in [-0.2, 0) is 14.9 Å². The Kier molecular flexibility index (Phi) is 11.9. The highest BCUT2D eigenvalue weighted by Crippen LogP contribution is 2.39. The fourth-order valence-electron chi connectivity index (χ4n) is 6.23. The molecule has 7 rings (SSSR count). The van der Waals surface area contributed by atoms with Crippen molar-refractivity contribution in [3.8, 4) is 11.5 Å². The number of fused-ring (bicyclic) bond motifs is 1. The number of nitrogens with zero attached hydrogens (tertiary/aromatic N) is 9. The smallest absolute Gasteiger partial charge is 0.437 e. The molecule has 0 saturated heterocycles. The Hall–Kier alpha value is -7.91. The molecule has 0 aromatic heterocycles. The maximum atomic E-state index is 11.8. The van der Waals surface area contributed by atoms with E-state index in [1.807, 2.05) is 52.0 Å². The molecule has 0 amide bonds. The van der Waals surface area contributed by atoms with Gasteiger partial charge in [0, 0.05) is 23.6 Å². The quantitative estimate of drug-likeness (QED) is 0.0379. The van der Waals surface area contributed by atoms with Crippen LogP contribution in [0.15, 0.2) is 173 Å². The fourth-order valence-corrected chi connectivity index (χ4v) is 6.85. The number of rotatable bonds is 11. The molecule has 7 aromatic carbocycles. The second-order valence-electron chi connectivity index (χ2n) is 13.9. The molecule has 0 unspecified atom stereocenters. The summed E-state index contributed by atoms with van der Waals surface area (Å²) in [6.07, 6.45) is 1.85. The van der Waals surface area contributed by atoms with Crippen molar-refractivity contribution in [1.82, 2.24) is 4.58 Å². The number of hydrogen-bond acceptors (Lipinski definition) is 13. The summed E-state index contributed by atoms with van der Waals surface area (Å²) in [7, 11) is -4.45. The van der Waals surface area contributed by atoms with Crippen LogP contribution in [0.25, 0.3) is 10.8 Å². The highest BCUT2D eigenvalue weighted by molar-refractivity contribution is 7.86. The summed E-state index contributed by atoms with van der Waals surface area (Å²) in [6.45, 7) is 7.48. The van der Waals surface area contributed by atoms with Gasteiger partial charge in [0.1, 0.15) is 16.3 Å². The molecular formula is C45H36N9O6S+. The fraction of sp³-hybridized carbons (Fsp3) is 0.0889. The molecule has 7 aromatic rings. The maximum Gasteiger partial charge on any atom is 0.437 e. The number of hydrogen-bond donors (Lipinski definition) is 3. The summed E-state index contributed by atoms with van der Waals surface area (Å²) in [5.74, 6) is -0.143. The second-order valence-corrected chi connectivity index (χ2v) is 15.3. The monoisotopic (exact) mass is 830 g/mol. The zero-order chi connectivity index (χ0) is 43.3. The van der Waals surface area contributed by atoms with Crippen molar-refractivity contribution in [2.75, 3.05) is 0 Å². The third kappa shape index (κ3) is 9.37. The van der Waals surface area contributed by atoms with Crippen molar-refractivity contribution >= 4 is 83.8 Å². The molecule has 0 heterocycles. The van der Waals surface area contributed by atoms with Gasteiger partial charge in [0.25, 0.3) is 15.8 Å². The summed E-state index contributed by atoms with van der Waals surface area (Å²) in [5, 5.41) is 57.1. The van der Waals surface area contributed by atoms with E-state index < -0.39 is 10.1 Å². The molecule has 0 saturated carbocycles. The Bertz CT molecular complexity index is 3160. The second kappa shape index (κ2) is 17.5. The number of aromatic hydroxyl groups is 2. The van der Waals surface area contributed by atoms with E-state index in [1.165, 1.54) is 28.8 Å². The first-order chi connectivity index (χ1) is 29.3. The molecule has 0 fully saturated rings. The van der Waals surface area contributed by atoms with Gasteiger partial charge >= 0.3 is 6.08 Å². The number of phenolic OH excluding ortho intramolecular Hbond substituents is 2. The van der Waals surface area contributed by atoms with Gasteiger partial charge in [-0.15, -0.1) is 10.2 Å². The van der Waals surface area contributed by atoms with Gasteiger partial charge in [-0.3, -0.25) is 4.55 Å². The number of azo groups is 4. The summed E-state index contributed by atoms with van der Waals surface area (Å²) >= 11 is 0. The van der Waals surface area contributed by atoms with E-state index in [2.05, 4.69) is 40.9 Å². The zero-order valence-electron chi connectivity index (χ0n) is 33.1. The molecule has 0 aliphatic heterocycles. The predicted molar refractivity (Wildman–Crippen MR) is 232 cm³/mol. The minimum Gasteiger partial charge on any atom is -0.505 e. The topological polar surface area (TPSA) is 214 Å². The Labute approximate surface area is 349 Å². The van der Waals surface area contributed by atoms with E-state index in [9.17, 15) is 28.0 Å². The first-order valence-electron chi connectivity index (χ1n) is 18.6. The highest BCUT2D eigenvalue weighted by Gasteiger charge is 2.20.